The van der Waals surface area contributed by atoms with Crippen LogP contribution in [0.3, 0.4) is 0 Å². The molecule has 1 fully saturated rings. The van der Waals surface area contributed by atoms with Gasteiger partial charge in [0.2, 0.25) is 0 Å². The number of amidine groups is 1. The summed E-state index contributed by atoms with van der Waals surface area (Å²) in [6, 6.07) is 4.43. The molecule has 1 aromatic rings. The first-order valence-corrected chi connectivity index (χ1v) is 6.17. The van der Waals surface area contributed by atoms with Crippen LogP contribution in [0.2, 0.25) is 0 Å². The average molecular weight is 251 g/mol. The van der Waals surface area contributed by atoms with Gasteiger partial charge in [-0.15, -0.1) is 0 Å². The quantitative estimate of drug-likeness (QED) is 0.237. The lowest BCUT2D eigenvalue weighted by atomic mass is 10.1. The van der Waals surface area contributed by atoms with E-state index in [1.54, 1.807) is 6.07 Å². The predicted molar refractivity (Wildman–Crippen MR) is 68.0 cm³/mol. The molecule has 0 bridgehead atoms. The zero-order valence-corrected chi connectivity index (χ0v) is 10.2. The predicted octanol–water partition coefficient (Wildman–Crippen LogP) is 1.81. The van der Waals surface area contributed by atoms with E-state index in [-0.39, 0.29) is 11.7 Å². The maximum absolute atomic E-state index is 13.4. The van der Waals surface area contributed by atoms with Crippen LogP contribution >= 0.6 is 0 Å². The van der Waals surface area contributed by atoms with E-state index in [1.807, 2.05) is 0 Å². The number of hydrogen-bond acceptors (Lipinski definition) is 3. The van der Waals surface area contributed by atoms with Crippen molar-refractivity contribution in [1.82, 2.24) is 5.32 Å². The molecule has 4 nitrogen and oxygen atoms in total. The molecule has 18 heavy (non-hydrogen) atoms. The van der Waals surface area contributed by atoms with Crippen molar-refractivity contribution in [3.05, 3.63) is 35.1 Å². The summed E-state index contributed by atoms with van der Waals surface area (Å²) < 4.78 is 13.4. The Morgan fingerprint density at radius 1 is 1.44 bits per heavy atom. The van der Waals surface area contributed by atoms with Crippen LogP contribution in [0.15, 0.2) is 23.4 Å². The van der Waals surface area contributed by atoms with Crippen molar-refractivity contribution in [3.8, 4) is 0 Å². The van der Waals surface area contributed by atoms with Gasteiger partial charge in [-0.1, -0.05) is 18.0 Å². The Morgan fingerprint density at radius 3 is 2.89 bits per heavy atom. The number of hydrogen-bond donors (Lipinski definition) is 3. The summed E-state index contributed by atoms with van der Waals surface area (Å²) in [5, 5.41) is 14.7. The molecule has 5 heteroatoms. The van der Waals surface area contributed by atoms with Crippen LogP contribution in [0.25, 0.3) is 0 Å². The maximum atomic E-state index is 13.4. The minimum Gasteiger partial charge on any atom is -0.409 e. The van der Waals surface area contributed by atoms with Crippen LogP contribution in [0.1, 0.15) is 30.4 Å². The van der Waals surface area contributed by atoms with E-state index in [2.05, 4.69) is 10.5 Å². The molecular formula is C13H18FN3O. The number of nitrogens with two attached hydrogens (primary N) is 1. The van der Waals surface area contributed by atoms with Crippen LogP contribution in [0, 0.1) is 11.7 Å². The molecule has 0 spiro atoms. The molecule has 1 saturated carbocycles. The number of nitrogens with one attached hydrogen (secondary N) is 1. The monoisotopic (exact) mass is 251 g/mol. The number of oxime groups is 1. The van der Waals surface area contributed by atoms with Crippen molar-refractivity contribution in [3.63, 3.8) is 0 Å². The molecule has 1 aliphatic carbocycles. The lowest BCUT2D eigenvalue weighted by Crippen LogP contribution is -2.17. The van der Waals surface area contributed by atoms with E-state index in [4.69, 9.17) is 10.9 Å². The minimum atomic E-state index is -0.377. The zero-order chi connectivity index (χ0) is 13.0. The molecule has 1 aromatic carbocycles. The van der Waals surface area contributed by atoms with Gasteiger partial charge >= 0.3 is 0 Å². The van der Waals surface area contributed by atoms with Gasteiger partial charge in [-0.2, -0.15) is 0 Å². The van der Waals surface area contributed by atoms with Gasteiger partial charge in [0, 0.05) is 12.1 Å². The summed E-state index contributed by atoms with van der Waals surface area (Å²) in [4.78, 5) is 0. The van der Waals surface area contributed by atoms with E-state index in [1.165, 1.54) is 31.4 Å². The first kappa shape index (κ1) is 12.8. The summed E-state index contributed by atoms with van der Waals surface area (Å²) >= 11 is 0. The van der Waals surface area contributed by atoms with Gasteiger partial charge in [0.15, 0.2) is 5.84 Å². The van der Waals surface area contributed by atoms with Crippen molar-refractivity contribution >= 4 is 5.84 Å². The molecule has 0 aromatic heterocycles. The van der Waals surface area contributed by atoms with E-state index in [0.29, 0.717) is 12.1 Å². The van der Waals surface area contributed by atoms with Crippen molar-refractivity contribution in [1.29, 1.82) is 0 Å². The van der Waals surface area contributed by atoms with Gasteiger partial charge in [0.05, 0.1) is 0 Å². The van der Waals surface area contributed by atoms with E-state index in [9.17, 15) is 4.39 Å². The van der Waals surface area contributed by atoms with Crippen LogP contribution in [0.4, 0.5) is 4.39 Å². The number of nitrogens with zero attached hydrogens (tertiary/aromatic N) is 1. The molecule has 0 aliphatic heterocycles. The van der Waals surface area contributed by atoms with Crippen LogP contribution in [0.5, 0.6) is 0 Å². The highest BCUT2D eigenvalue weighted by atomic mass is 19.1. The Morgan fingerprint density at radius 2 is 2.22 bits per heavy atom. The summed E-state index contributed by atoms with van der Waals surface area (Å²) in [6.45, 7) is 1.54. The second kappa shape index (κ2) is 5.82. The summed E-state index contributed by atoms with van der Waals surface area (Å²) in [5.41, 5.74) is 6.65. The van der Waals surface area contributed by atoms with E-state index >= 15 is 0 Å². The summed E-state index contributed by atoms with van der Waals surface area (Å²) in [6.07, 6.45) is 3.87. The second-order valence-electron chi connectivity index (χ2n) is 4.74. The zero-order valence-electron chi connectivity index (χ0n) is 10.2. The fourth-order valence-electron chi connectivity index (χ4n) is 1.90. The number of halogens is 1. The Hall–Kier alpha value is -1.62. The number of benzene rings is 1. The minimum absolute atomic E-state index is 0.0752. The Balaban J connectivity index is 1.91. The largest absolute Gasteiger partial charge is 0.409 e. The fourth-order valence-corrected chi connectivity index (χ4v) is 1.90. The Labute approximate surface area is 106 Å². The van der Waals surface area contributed by atoms with Crippen molar-refractivity contribution in [2.45, 2.75) is 25.8 Å². The van der Waals surface area contributed by atoms with Crippen molar-refractivity contribution in [2.75, 3.05) is 6.54 Å². The second-order valence-corrected chi connectivity index (χ2v) is 4.74. The van der Waals surface area contributed by atoms with Crippen LogP contribution in [-0.4, -0.2) is 17.6 Å². The molecule has 98 valence electrons. The Bertz CT molecular complexity index is 444. The molecule has 1 aliphatic rings. The first-order chi connectivity index (χ1) is 8.69. The van der Waals surface area contributed by atoms with Gasteiger partial charge in [0.1, 0.15) is 5.82 Å². The molecular weight excluding hydrogens is 233 g/mol. The van der Waals surface area contributed by atoms with Gasteiger partial charge in [0.25, 0.3) is 0 Å². The third-order valence-corrected chi connectivity index (χ3v) is 3.12. The fraction of sp³-hybridized carbons (Fsp3) is 0.462. The SMILES string of the molecule is N/C(=N/O)c1cc(F)cc(CNCCC2CC2)c1. The van der Waals surface area contributed by atoms with E-state index < -0.39 is 0 Å². The Kier molecular flexibility index (Phi) is 4.15. The van der Waals surface area contributed by atoms with Crippen molar-refractivity contribution in [2.24, 2.45) is 16.8 Å². The molecule has 4 N–H and O–H groups in total. The molecule has 0 amide bonds. The standard InChI is InChI=1S/C13H18FN3O/c14-12-6-10(5-11(7-12)13(15)17-18)8-16-4-3-9-1-2-9/h5-7,9,16,18H,1-4,8H2,(H2,15,17). The third kappa shape index (κ3) is 3.70. The van der Waals surface area contributed by atoms with Crippen LogP contribution in [-0.2, 0) is 6.54 Å². The molecule has 0 atom stereocenters. The number of rotatable bonds is 6. The smallest absolute Gasteiger partial charge is 0.170 e. The molecule has 0 saturated heterocycles. The van der Waals surface area contributed by atoms with Gasteiger partial charge in [-0.3, -0.25) is 0 Å². The maximum Gasteiger partial charge on any atom is 0.170 e. The summed E-state index contributed by atoms with van der Waals surface area (Å²) in [5.74, 6) is 0.435. The third-order valence-electron chi connectivity index (χ3n) is 3.12. The van der Waals surface area contributed by atoms with Gasteiger partial charge in [-0.25, -0.2) is 4.39 Å². The molecule has 0 heterocycles. The molecule has 0 radical (unpaired) electrons. The highest BCUT2D eigenvalue weighted by Gasteiger charge is 2.19. The molecule has 0 unspecified atom stereocenters. The van der Waals surface area contributed by atoms with Gasteiger partial charge < -0.3 is 16.3 Å². The lowest BCUT2D eigenvalue weighted by molar-refractivity contribution is 0.318. The lowest BCUT2D eigenvalue weighted by Gasteiger charge is -2.07. The summed E-state index contributed by atoms with van der Waals surface area (Å²) in [7, 11) is 0. The average Bonchev–Trinajstić information content (AvgIpc) is 3.17. The topological polar surface area (TPSA) is 70.6 Å². The molecule has 2 rings (SSSR count). The van der Waals surface area contributed by atoms with Crippen LogP contribution < -0.4 is 11.1 Å². The highest BCUT2D eigenvalue weighted by Crippen LogP contribution is 2.31. The first-order valence-electron chi connectivity index (χ1n) is 6.17. The highest BCUT2D eigenvalue weighted by molar-refractivity contribution is 5.97. The van der Waals surface area contributed by atoms with Gasteiger partial charge in [-0.05, 0) is 42.6 Å². The van der Waals surface area contributed by atoms with Crippen molar-refractivity contribution < 1.29 is 9.60 Å². The normalized spacial score (nSPS) is 15.9. The van der Waals surface area contributed by atoms with E-state index in [0.717, 1.165) is 18.0 Å².